The molecule has 0 amide bonds. The molecule has 86 valence electrons. The van der Waals surface area contributed by atoms with Crippen molar-refractivity contribution in [3.8, 4) is 0 Å². The molecular formula is C10H23NO3. The van der Waals surface area contributed by atoms with Crippen molar-refractivity contribution in [1.29, 1.82) is 0 Å². The van der Waals surface area contributed by atoms with E-state index in [1.165, 1.54) is 19.6 Å². The van der Waals surface area contributed by atoms with Crippen LogP contribution in [-0.4, -0.2) is 41.9 Å². The molecule has 0 saturated carbocycles. The lowest BCUT2D eigenvalue weighted by Gasteiger charge is -2.13. The van der Waals surface area contributed by atoms with Crippen LogP contribution in [0.2, 0.25) is 0 Å². The summed E-state index contributed by atoms with van der Waals surface area (Å²) in [4.78, 5) is 12.0. The molecule has 0 fully saturated rings. The predicted molar refractivity (Wildman–Crippen MR) is 57.7 cm³/mol. The minimum atomic E-state index is -1.21. The number of rotatable bonds is 4. The highest BCUT2D eigenvalue weighted by Crippen LogP contribution is 1.85. The maximum atomic E-state index is 9.59. The van der Waals surface area contributed by atoms with Gasteiger partial charge >= 0.3 is 6.16 Å². The highest BCUT2D eigenvalue weighted by molar-refractivity contribution is 5.56. The van der Waals surface area contributed by atoms with Gasteiger partial charge in [0.2, 0.25) is 0 Å². The minimum Gasteiger partial charge on any atom is -0.450 e. The van der Waals surface area contributed by atoms with Crippen LogP contribution in [-0.2, 0) is 4.74 Å². The van der Waals surface area contributed by atoms with Gasteiger partial charge in [0.05, 0.1) is 6.10 Å². The molecule has 0 aliphatic rings. The zero-order valence-electron chi connectivity index (χ0n) is 9.91. The van der Waals surface area contributed by atoms with E-state index in [0.717, 1.165) is 0 Å². The van der Waals surface area contributed by atoms with Crippen LogP contribution >= 0.6 is 0 Å². The van der Waals surface area contributed by atoms with E-state index in [9.17, 15) is 4.79 Å². The summed E-state index contributed by atoms with van der Waals surface area (Å²) >= 11 is 0. The van der Waals surface area contributed by atoms with Crippen molar-refractivity contribution in [3.05, 3.63) is 0 Å². The maximum absolute atomic E-state index is 9.59. The lowest BCUT2D eigenvalue weighted by atomic mass is 10.5. The van der Waals surface area contributed by atoms with Gasteiger partial charge in [-0.1, -0.05) is 20.8 Å². The smallest absolute Gasteiger partial charge is 0.450 e. The van der Waals surface area contributed by atoms with Crippen molar-refractivity contribution in [2.45, 2.75) is 40.7 Å². The average molecular weight is 205 g/mol. The molecule has 1 N–H and O–H groups in total. The summed E-state index contributed by atoms with van der Waals surface area (Å²) in [5.74, 6) is 0. The van der Waals surface area contributed by atoms with Crippen LogP contribution in [0.3, 0.4) is 0 Å². The van der Waals surface area contributed by atoms with Crippen LogP contribution in [0.25, 0.3) is 0 Å². The molecule has 4 heteroatoms. The van der Waals surface area contributed by atoms with E-state index in [0.29, 0.717) is 0 Å². The van der Waals surface area contributed by atoms with Gasteiger partial charge < -0.3 is 14.7 Å². The number of ether oxygens (including phenoxy) is 1. The Balaban J connectivity index is 0. The highest BCUT2D eigenvalue weighted by Gasteiger charge is 1.97. The molecular weight excluding hydrogens is 182 g/mol. The van der Waals surface area contributed by atoms with Gasteiger partial charge in [0.25, 0.3) is 0 Å². The fourth-order valence-corrected chi connectivity index (χ4v) is 0.872. The number of nitrogens with zero attached hydrogens (tertiary/aromatic N) is 1. The Morgan fingerprint density at radius 2 is 1.57 bits per heavy atom. The van der Waals surface area contributed by atoms with Crippen LogP contribution in [0.1, 0.15) is 34.6 Å². The largest absolute Gasteiger partial charge is 0.506 e. The fraction of sp³-hybridized carbons (Fsp3) is 0.900. The van der Waals surface area contributed by atoms with Crippen LogP contribution in [0.15, 0.2) is 0 Å². The fourth-order valence-electron chi connectivity index (χ4n) is 0.872. The zero-order valence-corrected chi connectivity index (χ0v) is 9.91. The maximum Gasteiger partial charge on any atom is 0.506 e. The molecule has 0 saturated heterocycles. The normalized spacial score (nSPS) is 9.64. The Morgan fingerprint density at radius 1 is 1.21 bits per heavy atom. The Bertz CT molecular complexity index is 128. The van der Waals surface area contributed by atoms with Gasteiger partial charge in [0, 0.05) is 0 Å². The van der Waals surface area contributed by atoms with Crippen molar-refractivity contribution in [2.75, 3.05) is 19.6 Å². The third kappa shape index (κ3) is 13.8. The first kappa shape index (κ1) is 15.7. The van der Waals surface area contributed by atoms with E-state index < -0.39 is 6.16 Å². The van der Waals surface area contributed by atoms with Gasteiger partial charge in [-0.25, -0.2) is 4.79 Å². The van der Waals surface area contributed by atoms with Crippen LogP contribution in [0.5, 0.6) is 0 Å². The molecule has 0 rings (SSSR count). The van der Waals surface area contributed by atoms with Crippen LogP contribution < -0.4 is 0 Å². The van der Waals surface area contributed by atoms with E-state index in [4.69, 9.17) is 5.11 Å². The first-order valence-corrected chi connectivity index (χ1v) is 5.09. The second-order valence-electron chi connectivity index (χ2n) is 3.05. The molecule has 0 aromatic rings. The topological polar surface area (TPSA) is 49.8 Å². The van der Waals surface area contributed by atoms with E-state index in [1.807, 2.05) is 0 Å². The third-order valence-corrected chi connectivity index (χ3v) is 1.68. The number of hydrogen-bond donors (Lipinski definition) is 1. The van der Waals surface area contributed by atoms with Gasteiger partial charge in [0.1, 0.15) is 0 Å². The molecule has 0 bridgehead atoms. The summed E-state index contributed by atoms with van der Waals surface area (Å²) in [6, 6.07) is 0. The van der Waals surface area contributed by atoms with Crippen LogP contribution in [0, 0.1) is 0 Å². The van der Waals surface area contributed by atoms with Crippen molar-refractivity contribution >= 4 is 6.16 Å². The predicted octanol–water partition coefficient (Wildman–Crippen LogP) is 2.44. The van der Waals surface area contributed by atoms with Gasteiger partial charge in [-0.2, -0.15) is 0 Å². The van der Waals surface area contributed by atoms with Crippen LogP contribution in [0.4, 0.5) is 4.79 Å². The molecule has 0 heterocycles. The molecule has 0 aliphatic carbocycles. The number of hydrogen-bond acceptors (Lipinski definition) is 3. The molecule has 0 aliphatic heterocycles. The first-order chi connectivity index (χ1) is 6.47. The summed E-state index contributed by atoms with van der Waals surface area (Å²) in [7, 11) is 0. The Kier molecular flexibility index (Phi) is 11.6. The van der Waals surface area contributed by atoms with Gasteiger partial charge in [-0.05, 0) is 33.5 Å². The summed E-state index contributed by atoms with van der Waals surface area (Å²) in [6.07, 6.45) is -1.44. The molecule has 0 radical (unpaired) electrons. The minimum absolute atomic E-state index is 0.225. The number of carbonyl (C=O) groups is 1. The standard InChI is InChI=1S/C6H15N.C4H8O3/c1-4-7(5-2)6-3;1-3(2)7-4(5)6/h4-6H2,1-3H3;3H,1-2H3,(H,5,6). The molecule has 0 atom stereocenters. The monoisotopic (exact) mass is 205 g/mol. The van der Waals surface area contributed by atoms with E-state index in [2.05, 4.69) is 30.4 Å². The molecule has 0 aromatic carbocycles. The van der Waals surface area contributed by atoms with E-state index in [-0.39, 0.29) is 6.10 Å². The van der Waals surface area contributed by atoms with E-state index >= 15 is 0 Å². The van der Waals surface area contributed by atoms with E-state index in [1.54, 1.807) is 13.8 Å². The van der Waals surface area contributed by atoms with Gasteiger partial charge in [-0.15, -0.1) is 0 Å². The quantitative estimate of drug-likeness (QED) is 0.716. The van der Waals surface area contributed by atoms with Crippen molar-refractivity contribution < 1.29 is 14.6 Å². The number of carboxylic acid groups (broad SMARTS) is 1. The summed E-state index contributed by atoms with van der Waals surface area (Å²) in [6.45, 7) is 13.4. The lowest BCUT2D eigenvalue weighted by molar-refractivity contribution is 0.0660. The van der Waals surface area contributed by atoms with Crippen molar-refractivity contribution in [3.63, 3.8) is 0 Å². The summed E-state index contributed by atoms with van der Waals surface area (Å²) in [5.41, 5.74) is 0. The SMILES string of the molecule is CC(C)OC(=O)O.CCN(CC)CC. The zero-order chi connectivity index (χ0) is 11.6. The highest BCUT2D eigenvalue weighted by atomic mass is 16.7. The Labute approximate surface area is 86.9 Å². The summed E-state index contributed by atoms with van der Waals surface area (Å²) in [5, 5.41) is 7.86. The van der Waals surface area contributed by atoms with Crippen molar-refractivity contribution in [1.82, 2.24) is 4.90 Å². The molecule has 0 spiro atoms. The molecule has 0 unspecified atom stereocenters. The molecule has 14 heavy (non-hydrogen) atoms. The molecule has 4 nitrogen and oxygen atoms in total. The van der Waals surface area contributed by atoms with Gasteiger partial charge in [0.15, 0.2) is 0 Å². The lowest BCUT2D eigenvalue weighted by Crippen LogP contribution is -2.21. The molecule has 0 aromatic heterocycles. The summed E-state index contributed by atoms with van der Waals surface area (Å²) < 4.78 is 4.17. The van der Waals surface area contributed by atoms with Crippen molar-refractivity contribution in [2.24, 2.45) is 0 Å². The Morgan fingerprint density at radius 3 is 1.57 bits per heavy atom. The first-order valence-electron chi connectivity index (χ1n) is 5.09. The second kappa shape index (κ2) is 10.3. The third-order valence-electron chi connectivity index (χ3n) is 1.68. The second-order valence-corrected chi connectivity index (χ2v) is 3.05. The van der Waals surface area contributed by atoms with Gasteiger partial charge in [-0.3, -0.25) is 0 Å². The average Bonchev–Trinajstić information content (AvgIpc) is 2.06. The Hall–Kier alpha value is -0.770.